The summed E-state index contributed by atoms with van der Waals surface area (Å²) >= 11 is 3.58. The van der Waals surface area contributed by atoms with Crippen LogP contribution in [-0.2, 0) is 6.54 Å². The quantitative estimate of drug-likeness (QED) is 0.848. The van der Waals surface area contributed by atoms with Crippen LogP contribution in [-0.4, -0.2) is 13.7 Å². The van der Waals surface area contributed by atoms with Crippen LogP contribution in [0.5, 0.6) is 5.75 Å². The maximum absolute atomic E-state index is 5.26. The minimum Gasteiger partial charge on any atom is -0.497 e. The number of methoxy groups -OCH3 is 1. The second kappa shape index (κ2) is 7.46. The molecule has 0 heterocycles. The molecule has 2 aromatic carbocycles. The van der Waals surface area contributed by atoms with Gasteiger partial charge >= 0.3 is 0 Å². The number of benzene rings is 2. The van der Waals surface area contributed by atoms with Crippen molar-refractivity contribution in [2.24, 2.45) is 0 Å². The van der Waals surface area contributed by atoms with Gasteiger partial charge in [0.25, 0.3) is 0 Å². The Morgan fingerprint density at radius 1 is 1.15 bits per heavy atom. The molecule has 20 heavy (non-hydrogen) atoms. The molecule has 0 aliphatic rings. The topological polar surface area (TPSA) is 21.3 Å². The average molecular weight is 334 g/mol. The molecule has 0 bridgehead atoms. The lowest BCUT2D eigenvalue weighted by Crippen LogP contribution is -2.19. The van der Waals surface area contributed by atoms with E-state index < -0.39 is 0 Å². The number of rotatable bonds is 6. The van der Waals surface area contributed by atoms with E-state index in [1.807, 2.05) is 12.1 Å². The summed E-state index contributed by atoms with van der Waals surface area (Å²) in [4.78, 5) is 0. The van der Waals surface area contributed by atoms with Crippen molar-refractivity contribution in [2.75, 3.05) is 13.7 Å². The van der Waals surface area contributed by atoms with Crippen LogP contribution >= 0.6 is 15.9 Å². The van der Waals surface area contributed by atoms with Crippen LogP contribution in [0.4, 0.5) is 0 Å². The Labute approximate surface area is 129 Å². The van der Waals surface area contributed by atoms with E-state index in [0.29, 0.717) is 5.92 Å². The second-order valence-corrected chi connectivity index (χ2v) is 5.75. The maximum Gasteiger partial charge on any atom is 0.119 e. The van der Waals surface area contributed by atoms with E-state index in [2.05, 4.69) is 64.6 Å². The Kier molecular flexibility index (Phi) is 5.62. The minimum atomic E-state index is 0.501. The van der Waals surface area contributed by atoms with Crippen molar-refractivity contribution in [1.29, 1.82) is 0 Å². The first-order chi connectivity index (χ1) is 9.70. The molecule has 2 aromatic rings. The van der Waals surface area contributed by atoms with Crippen molar-refractivity contribution in [3.8, 4) is 5.75 Å². The average Bonchev–Trinajstić information content (AvgIpc) is 2.50. The third-order valence-corrected chi connectivity index (χ3v) is 4.16. The molecule has 0 aromatic heterocycles. The fourth-order valence-electron chi connectivity index (χ4n) is 2.14. The molecular weight excluding hydrogens is 314 g/mol. The summed E-state index contributed by atoms with van der Waals surface area (Å²) in [7, 11) is 1.69. The molecular formula is C17H20BrNO. The summed E-state index contributed by atoms with van der Waals surface area (Å²) in [5, 5.41) is 3.51. The van der Waals surface area contributed by atoms with Gasteiger partial charge in [0, 0.05) is 17.6 Å². The summed E-state index contributed by atoms with van der Waals surface area (Å²) in [5.41, 5.74) is 2.58. The van der Waals surface area contributed by atoms with Crippen LogP contribution in [0, 0.1) is 0 Å². The molecule has 1 unspecified atom stereocenters. The first-order valence-corrected chi connectivity index (χ1v) is 7.58. The molecule has 3 heteroatoms. The maximum atomic E-state index is 5.26. The fraction of sp³-hybridized carbons (Fsp3) is 0.294. The van der Waals surface area contributed by atoms with Gasteiger partial charge in [-0.15, -0.1) is 0 Å². The second-order valence-electron chi connectivity index (χ2n) is 4.90. The molecule has 0 radical (unpaired) electrons. The van der Waals surface area contributed by atoms with Gasteiger partial charge in [-0.3, -0.25) is 0 Å². The molecule has 1 N–H and O–H groups in total. The highest BCUT2D eigenvalue weighted by Crippen LogP contribution is 2.22. The van der Waals surface area contributed by atoms with Crippen LogP contribution < -0.4 is 10.1 Å². The molecule has 0 amide bonds. The van der Waals surface area contributed by atoms with Gasteiger partial charge in [0.15, 0.2) is 0 Å². The predicted molar refractivity (Wildman–Crippen MR) is 87.3 cm³/mol. The Morgan fingerprint density at radius 2 is 1.90 bits per heavy atom. The highest BCUT2D eigenvalue weighted by atomic mass is 79.9. The van der Waals surface area contributed by atoms with Crippen molar-refractivity contribution in [1.82, 2.24) is 5.32 Å². The van der Waals surface area contributed by atoms with Gasteiger partial charge < -0.3 is 10.1 Å². The van der Waals surface area contributed by atoms with Gasteiger partial charge in [-0.1, -0.05) is 53.2 Å². The molecule has 0 aliphatic heterocycles. The first kappa shape index (κ1) is 15.1. The standard InChI is InChI=1S/C17H20BrNO/c1-13(14-6-4-3-5-7-14)11-19-12-15-10-16(20-2)8-9-17(15)18/h3-10,13,19H,11-12H2,1-2H3. The van der Waals surface area contributed by atoms with E-state index >= 15 is 0 Å². The monoisotopic (exact) mass is 333 g/mol. The number of halogens is 1. The van der Waals surface area contributed by atoms with Crippen molar-refractivity contribution >= 4 is 15.9 Å². The Morgan fingerprint density at radius 3 is 2.60 bits per heavy atom. The van der Waals surface area contributed by atoms with E-state index in [9.17, 15) is 0 Å². The molecule has 0 saturated carbocycles. The smallest absolute Gasteiger partial charge is 0.119 e. The minimum absolute atomic E-state index is 0.501. The van der Waals surface area contributed by atoms with Gasteiger partial charge in [-0.2, -0.15) is 0 Å². The number of ether oxygens (including phenoxy) is 1. The Bertz CT molecular complexity index is 542. The van der Waals surface area contributed by atoms with Gasteiger partial charge in [0.2, 0.25) is 0 Å². The zero-order valence-electron chi connectivity index (χ0n) is 11.9. The summed E-state index contributed by atoms with van der Waals surface area (Å²) in [6.07, 6.45) is 0. The highest BCUT2D eigenvalue weighted by Gasteiger charge is 2.06. The van der Waals surface area contributed by atoms with Gasteiger partial charge in [-0.25, -0.2) is 0 Å². The summed E-state index contributed by atoms with van der Waals surface area (Å²) in [6, 6.07) is 16.6. The van der Waals surface area contributed by atoms with Crippen molar-refractivity contribution in [2.45, 2.75) is 19.4 Å². The molecule has 106 valence electrons. The zero-order valence-corrected chi connectivity index (χ0v) is 13.5. The van der Waals surface area contributed by atoms with Gasteiger partial charge in [-0.05, 0) is 35.2 Å². The molecule has 2 rings (SSSR count). The zero-order chi connectivity index (χ0) is 14.4. The third kappa shape index (κ3) is 4.09. The van der Waals surface area contributed by atoms with Gasteiger partial charge in [0.05, 0.1) is 7.11 Å². The fourth-order valence-corrected chi connectivity index (χ4v) is 2.52. The normalized spacial score (nSPS) is 12.2. The lowest BCUT2D eigenvalue weighted by molar-refractivity contribution is 0.414. The largest absolute Gasteiger partial charge is 0.497 e. The molecule has 2 nitrogen and oxygen atoms in total. The summed E-state index contributed by atoms with van der Waals surface area (Å²) in [5.74, 6) is 1.39. The third-order valence-electron chi connectivity index (χ3n) is 3.39. The van der Waals surface area contributed by atoms with E-state index in [4.69, 9.17) is 4.74 Å². The van der Waals surface area contributed by atoms with Crippen LogP contribution in [0.1, 0.15) is 24.0 Å². The van der Waals surface area contributed by atoms with E-state index in [1.54, 1.807) is 7.11 Å². The molecule has 0 aliphatic carbocycles. The Hall–Kier alpha value is -1.32. The summed E-state index contributed by atoms with van der Waals surface area (Å²) < 4.78 is 6.37. The van der Waals surface area contributed by atoms with E-state index in [0.717, 1.165) is 23.3 Å². The number of hydrogen-bond donors (Lipinski definition) is 1. The van der Waals surface area contributed by atoms with Crippen molar-refractivity contribution in [3.63, 3.8) is 0 Å². The number of nitrogens with one attached hydrogen (secondary N) is 1. The molecule has 0 spiro atoms. The summed E-state index contributed by atoms with van der Waals surface area (Å²) in [6.45, 7) is 4.02. The van der Waals surface area contributed by atoms with E-state index in [-0.39, 0.29) is 0 Å². The number of hydrogen-bond acceptors (Lipinski definition) is 2. The SMILES string of the molecule is COc1ccc(Br)c(CNCC(C)c2ccccc2)c1. The Balaban J connectivity index is 1.90. The predicted octanol–water partition coefficient (Wildman–Crippen LogP) is 4.35. The van der Waals surface area contributed by atoms with E-state index in [1.165, 1.54) is 11.1 Å². The lowest BCUT2D eigenvalue weighted by Gasteiger charge is -2.14. The van der Waals surface area contributed by atoms with Crippen molar-refractivity contribution in [3.05, 3.63) is 64.1 Å². The lowest BCUT2D eigenvalue weighted by atomic mass is 10.0. The highest BCUT2D eigenvalue weighted by molar-refractivity contribution is 9.10. The van der Waals surface area contributed by atoms with Crippen molar-refractivity contribution < 1.29 is 4.74 Å². The molecule has 0 fully saturated rings. The van der Waals surface area contributed by atoms with Crippen LogP contribution in [0.2, 0.25) is 0 Å². The van der Waals surface area contributed by atoms with Crippen LogP contribution in [0.15, 0.2) is 53.0 Å². The molecule has 0 saturated heterocycles. The van der Waals surface area contributed by atoms with Crippen LogP contribution in [0.25, 0.3) is 0 Å². The van der Waals surface area contributed by atoms with Gasteiger partial charge in [0.1, 0.15) is 5.75 Å². The first-order valence-electron chi connectivity index (χ1n) is 6.79. The van der Waals surface area contributed by atoms with Crippen LogP contribution in [0.3, 0.4) is 0 Å². The molecule has 1 atom stereocenters.